The molecule has 2 saturated carbocycles. The highest BCUT2D eigenvalue weighted by Crippen LogP contribution is 2.39. The maximum atomic E-state index is 11.7. The molecule has 2 N–H and O–H groups in total. The van der Waals surface area contributed by atoms with Crippen LogP contribution in [-0.4, -0.2) is 46.7 Å². The van der Waals surface area contributed by atoms with Crippen LogP contribution in [0.5, 0.6) is 0 Å². The van der Waals surface area contributed by atoms with Crippen molar-refractivity contribution in [3.05, 3.63) is 0 Å². The van der Waals surface area contributed by atoms with E-state index in [1.54, 1.807) is 0 Å². The number of hydrogen-bond donors (Lipinski definition) is 2. The number of hydrogen-bond acceptors (Lipinski definition) is 3. The summed E-state index contributed by atoms with van der Waals surface area (Å²) in [5.74, 6) is -0.00669. The van der Waals surface area contributed by atoms with E-state index in [-0.39, 0.29) is 0 Å². The minimum Gasteiger partial charge on any atom is -0.480 e. The Morgan fingerprint density at radius 3 is 2.55 bits per heavy atom. The van der Waals surface area contributed by atoms with Crippen molar-refractivity contribution in [2.24, 2.45) is 5.92 Å². The van der Waals surface area contributed by atoms with Gasteiger partial charge in [0.1, 0.15) is 5.54 Å². The highest BCUT2D eigenvalue weighted by atomic mass is 16.4. The van der Waals surface area contributed by atoms with E-state index in [9.17, 15) is 9.90 Å². The van der Waals surface area contributed by atoms with Crippen LogP contribution in [0.25, 0.3) is 0 Å². The van der Waals surface area contributed by atoms with Crippen LogP contribution < -0.4 is 5.32 Å². The molecule has 0 bridgehead atoms. The zero-order chi connectivity index (χ0) is 14.8. The third-order valence-electron chi connectivity index (χ3n) is 4.67. The van der Waals surface area contributed by atoms with Gasteiger partial charge >= 0.3 is 5.97 Å². The Bertz CT molecular complexity index is 341. The fourth-order valence-corrected chi connectivity index (χ4v) is 3.52. The first kappa shape index (κ1) is 15.8. The molecule has 0 spiro atoms. The van der Waals surface area contributed by atoms with Crippen molar-refractivity contribution in [2.75, 3.05) is 13.1 Å². The van der Waals surface area contributed by atoms with Crippen LogP contribution in [0.4, 0.5) is 0 Å². The molecular weight excluding hydrogens is 252 g/mol. The first-order valence-corrected chi connectivity index (χ1v) is 8.22. The Kier molecular flexibility index (Phi) is 5.08. The molecule has 4 nitrogen and oxygen atoms in total. The zero-order valence-corrected chi connectivity index (χ0v) is 13.2. The second-order valence-electron chi connectivity index (χ2n) is 7.03. The summed E-state index contributed by atoms with van der Waals surface area (Å²) in [6, 6.07) is 1.17. The van der Waals surface area contributed by atoms with Gasteiger partial charge in [0.15, 0.2) is 0 Å². The predicted octanol–water partition coefficient (Wildman–Crippen LogP) is 2.48. The van der Waals surface area contributed by atoms with Gasteiger partial charge in [0, 0.05) is 18.6 Å². The van der Waals surface area contributed by atoms with Gasteiger partial charge in [-0.05, 0) is 51.0 Å². The average molecular weight is 282 g/mol. The molecule has 0 aromatic rings. The number of nitrogens with zero attached hydrogens (tertiary/aromatic N) is 1. The van der Waals surface area contributed by atoms with Crippen LogP contribution in [0.1, 0.15) is 59.3 Å². The van der Waals surface area contributed by atoms with Gasteiger partial charge < -0.3 is 10.4 Å². The van der Waals surface area contributed by atoms with E-state index in [1.165, 1.54) is 12.8 Å². The summed E-state index contributed by atoms with van der Waals surface area (Å²) in [6.07, 6.45) is 6.14. The van der Waals surface area contributed by atoms with Crippen molar-refractivity contribution < 1.29 is 9.90 Å². The van der Waals surface area contributed by atoms with Gasteiger partial charge in [-0.2, -0.15) is 0 Å². The van der Waals surface area contributed by atoms with Gasteiger partial charge in [0.05, 0.1) is 0 Å². The van der Waals surface area contributed by atoms with E-state index in [0.717, 1.165) is 44.8 Å². The maximum absolute atomic E-state index is 11.7. The van der Waals surface area contributed by atoms with Crippen LogP contribution in [0.2, 0.25) is 0 Å². The smallest absolute Gasteiger partial charge is 0.323 e. The van der Waals surface area contributed by atoms with E-state index in [2.05, 4.69) is 31.0 Å². The average Bonchev–Trinajstić information content (AvgIpc) is 3.13. The van der Waals surface area contributed by atoms with Crippen LogP contribution >= 0.6 is 0 Å². The summed E-state index contributed by atoms with van der Waals surface area (Å²) in [6.45, 7) is 8.50. The number of carbonyl (C=O) groups is 1. The maximum Gasteiger partial charge on any atom is 0.323 e. The number of carboxylic acids is 1. The molecule has 0 aliphatic heterocycles. The molecule has 0 aromatic heterocycles. The van der Waals surface area contributed by atoms with E-state index in [0.29, 0.717) is 12.0 Å². The Morgan fingerprint density at radius 2 is 2.05 bits per heavy atom. The van der Waals surface area contributed by atoms with Crippen molar-refractivity contribution in [2.45, 2.75) is 76.9 Å². The quantitative estimate of drug-likeness (QED) is 0.718. The minimum absolute atomic E-state index is 0.449. The van der Waals surface area contributed by atoms with Crippen molar-refractivity contribution >= 4 is 5.97 Å². The Hall–Kier alpha value is -0.610. The lowest BCUT2D eigenvalue weighted by molar-refractivity contribution is -0.144. The number of aliphatic carboxylic acids is 1. The van der Waals surface area contributed by atoms with Crippen LogP contribution in [0.15, 0.2) is 0 Å². The van der Waals surface area contributed by atoms with Crippen LogP contribution in [0.3, 0.4) is 0 Å². The third kappa shape index (κ3) is 3.53. The van der Waals surface area contributed by atoms with Crippen molar-refractivity contribution in [1.29, 1.82) is 0 Å². The molecule has 2 fully saturated rings. The normalized spacial score (nSPS) is 30.4. The second kappa shape index (κ2) is 6.44. The molecule has 2 aliphatic carbocycles. The SMILES string of the molecule is CCCNC1(C(=O)O)CCC(N(CC(C)C)C2CC2)C1. The van der Waals surface area contributed by atoms with Gasteiger partial charge in [-0.25, -0.2) is 0 Å². The number of carboxylic acid groups (broad SMARTS) is 1. The Morgan fingerprint density at radius 1 is 1.35 bits per heavy atom. The van der Waals surface area contributed by atoms with Gasteiger partial charge in [-0.1, -0.05) is 20.8 Å². The fourth-order valence-electron chi connectivity index (χ4n) is 3.52. The molecule has 116 valence electrons. The molecule has 0 radical (unpaired) electrons. The summed E-state index contributed by atoms with van der Waals surface area (Å²) < 4.78 is 0. The lowest BCUT2D eigenvalue weighted by Gasteiger charge is -2.32. The highest BCUT2D eigenvalue weighted by Gasteiger charge is 2.48. The first-order valence-electron chi connectivity index (χ1n) is 8.22. The van der Waals surface area contributed by atoms with Crippen molar-refractivity contribution in [3.63, 3.8) is 0 Å². The highest BCUT2D eigenvalue weighted by molar-refractivity contribution is 5.79. The van der Waals surface area contributed by atoms with E-state index < -0.39 is 11.5 Å². The van der Waals surface area contributed by atoms with Crippen molar-refractivity contribution in [3.8, 4) is 0 Å². The zero-order valence-electron chi connectivity index (χ0n) is 13.2. The predicted molar refractivity (Wildman–Crippen MR) is 80.9 cm³/mol. The summed E-state index contributed by atoms with van der Waals surface area (Å²) in [4.78, 5) is 14.3. The summed E-state index contributed by atoms with van der Waals surface area (Å²) in [5.41, 5.74) is -0.676. The largest absolute Gasteiger partial charge is 0.480 e. The second-order valence-corrected chi connectivity index (χ2v) is 7.03. The molecule has 2 rings (SSSR count). The van der Waals surface area contributed by atoms with Gasteiger partial charge in [0.25, 0.3) is 0 Å². The van der Waals surface area contributed by atoms with E-state index >= 15 is 0 Å². The van der Waals surface area contributed by atoms with E-state index in [1.807, 2.05) is 0 Å². The number of rotatable bonds is 8. The summed E-state index contributed by atoms with van der Waals surface area (Å²) >= 11 is 0. The minimum atomic E-state index is -0.676. The standard InChI is InChI=1S/C16H30N2O2/c1-4-9-17-16(15(19)20)8-7-14(10-16)18(11-12(2)3)13-5-6-13/h12-14,17H,4-11H2,1-3H3,(H,19,20). The van der Waals surface area contributed by atoms with Gasteiger partial charge in [0.2, 0.25) is 0 Å². The molecule has 0 saturated heterocycles. The van der Waals surface area contributed by atoms with Crippen molar-refractivity contribution in [1.82, 2.24) is 10.2 Å². The first-order chi connectivity index (χ1) is 9.48. The molecule has 0 amide bonds. The summed E-state index contributed by atoms with van der Waals surface area (Å²) in [7, 11) is 0. The monoisotopic (exact) mass is 282 g/mol. The topological polar surface area (TPSA) is 52.6 Å². The lowest BCUT2D eigenvalue weighted by Crippen LogP contribution is -2.52. The molecule has 0 heterocycles. The Labute approximate surface area is 122 Å². The van der Waals surface area contributed by atoms with E-state index in [4.69, 9.17) is 0 Å². The molecule has 0 aromatic carbocycles. The molecule has 2 unspecified atom stereocenters. The van der Waals surface area contributed by atoms with Gasteiger partial charge in [-0.3, -0.25) is 9.69 Å². The number of nitrogens with one attached hydrogen (secondary N) is 1. The Balaban J connectivity index is 2.02. The van der Waals surface area contributed by atoms with Crippen LogP contribution in [-0.2, 0) is 4.79 Å². The summed E-state index contributed by atoms with van der Waals surface area (Å²) in [5, 5.41) is 13.0. The molecule has 2 aliphatic rings. The molecular formula is C16H30N2O2. The van der Waals surface area contributed by atoms with Crippen LogP contribution in [0, 0.1) is 5.92 Å². The lowest BCUT2D eigenvalue weighted by atomic mass is 9.97. The molecule has 4 heteroatoms. The fraction of sp³-hybridized carbons (Fsp3) is 0.938. The third-order valence-corrected chi connectivity index (χ3v) is 4.67. The molecule has 2 atom stereocenters. The van der Waals surface area contributed by atoms with Gasteiger partial charge in [-0.15, -0.1) is 0 Å². The molecule has 20 heavy (non-hydrogen) atoms.